The average Bonchev–Trinajstić information content (AvgIpc) is 3.40. The van der Waals surface area contributed by atoms with Gasteiger partial charge in [-0.15, -0.1) is 0 Å². The zero-order valence-corrected chi connectivity index (χ0v) is 18.1. The van der Waals surface area contributed by atoms with Crippen LogP contribution in [0.15, 0.2) is 41.5 Å². The van der Waals surface area contributed by atoms with Crippen LogP contribution >= 0.6 is 11.3 Å². The van der Waals surface area contributed by atoms with E-state index in [9.17, 15) is 0 Å². The Morgan fingerprint density at radius 1 is 0.897 bits per heavy atom. The lowest BCUT2D eigenvalue weighted by atomic mass is 9.87. The van der Waals surface area contributed by atoms with Crippen molar-refractivity contribution in [2.24, 2.45) is 0 Å². The summed E-state index contributed by atoms with van der Waals surface area (Å²) in [4.78, 5) is 8.84. The van der Waals surface area contributed by atoms with E-state index in [2.05, 4.69) is 33.0 Å². The van der Waals surface area contributed by atoms with Crippen molar-refractivity contribution in [3.8, 4) is 5.95 Å². The molecule has 0 N–H and O–H groups in total. The molecule has 0 amide bonds. The molecule has 0 bridgehead atoms. The minimum Gasteiger partial charge on any atom is -0.220 e. The Morgan fingerprint density at radius 2 is 1.55 bits per heavy atom. The van der Waals surface area contributed by atoms with Crippen molar-refractivity contribution in [3.63, 3.8) is 0 Å². The summed E-state index contributed by atoms with van der Waals surface area (Å²) in [7, 11) is 0. The SMILES string of the molecule is c1cnc(-n2cc(C3CCCCCCCCCCC3)c(Cc3ccsc3)n2)nc1. The first kappa shape index (κ1) is 20.3. The van der Waals surface area contributed by atoms with Gasteiger partial charge in [-0.3, -0.25) is 0 Å². The highest BCUT2D eigenvalue weighted by Crippen LogP contribution is 2.33. The standard InChI is InChI=1S/C24H32N4S/c1-2-4-6-8-11-21(12-9-7-5-3-1)22-18-28(24-25-14-10-15-26-24)27-23(22)17-20-13-16-29-19-20/h10,13-16,18-19,21H,1-9,11-12,17H2. The van der Waals surface area contributed by atoms with E-state index in [0.29, 0.717) is 11.9 Å². The fourth-order valence-corrected chi connectivity index (χ4v) is 5.14. The Morgan fingerprint density at radius 3 is 2.17 bits per heavy atom. The lowest BCUT2D eigenvalue weighted by Crippen LogP contribution is -2.03. The molecule has 1 fully saturated rings. The van der Waals surface area contributed by atoms with Crippen LogP contribution < -0.4 is 0 Å². The molecule has 0 atom stereocenters. The summed E-state index contributed by atoms with van der Waals surface area (Å²) >= 11 is 1.76. The summed E-state index contributed by atoms with van der Waals surface area (Å²) in [5, 5.41) is 9.35. The van der Waals surface area contributed by atoms with Crippen LogP contribution in [0.25, 0.3) is 5.95 Å². The monoisotopic (exact) mass is 408 g/mol. The summed E-state index contributed by atoms with van der Waals surface area (Å²) in [5.41, 5.74) is 3.97. The molecular weight excluding hydrogens is 376 g/mol. The van der Waals surface area contributed by atoms with Crippen molar-refractivity contribution >= 4 is 11.3 Å². The second-order valence-corrected chi connectivity index (χ2v) is 9.07. The van der Waals surface area contributed by atoms with Crippen LogP contribution in [0, 0.1) is 0 Å². The van der Waals surface area contributed by atoms with Crippen molar-refractivity contribution in [3.05, 3.63) is 58.3 Å². The van der Waals surface area contributed by atoms with Crippen LogP contribution in [0.1, 0.15) is 93.4 Å². The summed E-state index contributed by atoms with van der Waals surface area (Å²) < 4.78 is 1.90. The minimum absolute atomic E-state index is 0.598. The maximum absolute atomic E-state index is 4.96. The number of nitrogens with zero attached hydrogens (tertiary/aromatic N) is 4. The first-order valence-corrected chi connectivity index (χ1v) is 12.2. The zero-order chi connectivity index (χ0) is 19.7. The van der Waals surface area contributed by atoms with Gasteiger partial charge in [0.15, 0.2) is 0 Å². The van der Waals surface area contributed by atoms with E-state index in [1.165, 1.54) is 87.4 Å². The van der Waals surface area contributed by atoms with Gasteiger partial charge in [-0.1, -0.05) is 57.8 Å². The Hall–Kier alpha value is -2.01. The summed E-state index contributed by atoms with van der Waals surface area (Å²) in [5.74, 6) is 1.26. The Bertz CT molecular complexity index is 829. The fourth-order valence-electron chi connectivity index (χ4n) is 4.47. The molecule has 0 radical (unpaired) electrons. The van der Waals surface area contributed by atoms with E-state index < -0.39 is 0 Å². The summed E-state index contributed by atoms with van der Waals surface area (Å²) in [6.45, 7) is 0. The average molecular weight is 409 g/mol. The van der Waals surface area contributed by atoms with Crippen LogP contribution in [0.2, 0.25) is 0 Å². The highest BCUT2D eigenvalue weighted by Gasteiger charge is 2.21. The first-order valence-electron chi connectivity index (χ1n) is 11.3. The molecule has 29 heavy (non-hydrogen) atoms. The second kappa shape index (κ2) is 10.7. The van der Waals surface area contributed by atoms with Crippen molar-refractivity contribution in [1.29, 1.82) is 0 Å². The molecule has 3 heterocycles. The Balaban J connectivity index is 1.60. The molecule has 0 saturated heterocycles. The van der Waals surface area contributed by atoms with Gasteiger partial charge in [-0.2, -0.15) is 16.4 Å². The van der Waals surface area contributed by atoms with E-state index in [1.54, 1.807) is 23.7 Å². The predicted octanol–water partition coefficient (Wildman–Crippen LogP) is 6.70. The van der Waals surface area contributed by atoms with Crippen LogP contribution in [0.4, 0.5) is 0 Å². The van der Waals surface area contributed by atoms with Gasteiger partial charge in [-0.05, 0) is 52.8 Å². The third-order valence-electron chi connectivity index (χ3n) is 6.08. The smallest absolute Gasteiger partial charge is 0.220 e. The second-order valence-electron chi connectivity index (χ2n) is 8.29. The molecular formula is C24H32N4S. The van der Waals surface area contributed by atoms with E-state index in [1.807, 2.05) is 10.7 Å². The van der Waals surface area contributed by atoms with Gasteiger partial charge in [0.1, 0.15) is 0 Å². The van der Waals surface area contributed by atoms with E-state index >= 15 is 0 Å². The highest BCUT2D eigenvalue weighted by molar-refractivity contribution is 7.07. The molecule has 0 aromatic carbocycles. The number of hydrogen-bond acceptors (Lipinski definition) is 4. The maximum Gasteiger partial charge on any atom is 0.250 e. The lowest BCUT2D eigenvalue weighted by Gasteiger charge is -2.18. The van der Waals surface area contributed by atoms with Crippen LogP contribution in [0.3, 0.4) is 0 Å². The molecule has 1 aliphatic rings. The molecule has 3 aromatic rings. The molecule has 1 aliphatic carbocycles. The first-order chi connectivity index (χ1) is 14.4. The summed E-state index contributed by atoms with van der Waals surface area (Å²) in [6, 6.07) is 4.07. The lowest BCUT2D eigenvalue weighted by molar-refractivity contribution is 0.466. The molecule has 0 spiro atoms. The minimum atomic E-state index is 0.598. The number of thiophene rings is 1. The Kier molecular flexibility index (Phi) is 7.46. The molecule has 0 aliphatic heterocycles. The molecule has 154 valence electrons. The zero-order valence-electron chi connectivity index (χ0n) is 17.3. The quantitative estimate of drug-likeness (QED) is 0.482. The van der Waals surface area contributed by atoms with Gasteiger partial charge in [0.05, 0.1) is 5.69 Å². The normalized spacial score (nSPS) is 17.5. The highest BCUT2D eigenvalue weighted by atomic mass is 32.1. The molecule has 5 heteroatoms. The van der Waals surface area contributed by atoms with E-state index in [4.69, 9.17) is 5.10 Å². The van der Waals surface area contributed by atoms with Crippen LogP contribution in [-0.2, 0) is 6.42 Å². The molecule has 0 unspecified atom stereocenters. The number of hydrogen-bond donors (Lipinski definition) is 0. The van der Waals surface area contributed by atoms with Crippen molar-refractivity contribution in [2.75, 3.05) is 0 Å². The molecule has 4 nitrogen and oxygen atoms in total. The van der Waals surface area contributed by atoms with Gasteiger partial charge in [0, 0.05) is 25.0 Å². The van der Waals surface area contributed by atoms with Crippen LogP contribution in [0.5, 0.6) is 0 Å². The maximum atomic E-state index is 4.96. The van der Waals surface area contributed by atoms with Gasteiger partial charge < -0.3 is 0 Å². The van der Waals surface area contributed by atoms with Crippen molar-refractivity contribution < 1.29 is 0 Å². The largest absolute Gasteiger partial charge is 0.250 e. The third kappa shape index (κ3) is 5.75. The van der Waals surface area contributed by atoms with E-state index in [-0.39, 0.29) is 0 Å². The fraction of sp³-hybridized carbons (Fsp3) is 0.542. The summed E-state index contributed by atoms with van der Waals surface area (Å²) in [6.07, 6.45) is 21.7. The topological polar surface area (TPSA) is 43.6 Å². The molecule has 3 aromatic heterocycles. The van der Waals surface area contributed by atoms with E-state index in [0.717, 1.165) is 6.42 Å². The molecule has 1 saturated carbocycles. The van der Waals surface area contributed by atoms with Gasteiger partial charge in [-0.25, -0.2) is 14.6 Å². The van der Waals surface area contributed by atoms with Gasteiger partial charge in [0.2, 0.25) is 5.95 Å². The van der Waals surface area contributed by atoms with Gasteiger partial charge in [0.25, 0.3) is 0 Å². The predicted molar refractivity (Wildman–Crippen MR) is 120 cm³/mol. The number of rotatable bonds is 4. The Labute approximate surface area is 178 Å². The van der Waals surface area contributed by atoms with Crippen LogP contribution in [-0.4, -0.2) is 19.7 Å². The molecule has 4 rings (SSSR count). The van der Waals surface area contributed by atoms with Gasteiger partial charge >= 0.3 is 0 Å². The third-order valence-corrected chi connectivity index (χ3v) is 6.81. The number of aromatic nitrogens is 4. The van der Waals surface area contributed by atoms with Crippen molar-refractivity contribution in [1.82, 2.24) is 19.7 Å². The van der Waals surface area contributed by atoms with Crippen molar-refractivity contribution in [2.45, 2.75) is 83.0 Å².